The fraction of sp³-hybridized carbons (Fsp3) is 0.167. The van der Waals surface area contributed by atoms with Crippen LogP contribution in [0, 0.1) is 6.92 Å². The fourth-order valence-electron chi connectivity index (χ4n) is 2.43. The number of benzene rings is 2. The van der Waals surface area contributed by atoms with Crippen molar-refractivity contribution in [3.8, 4) is 5.75 Å². The van der Waals surface area contributed by atoms with Gasteiger partial charge in [0.15, 0.2) is 6.61 Å². The average molecular weight is 339 g/mol. The molecule has 0 saturated carbocycles. The third-order valence-electron chi connectivity index (χ3n) is 3.65. The predicted molar refractivity (Wildman–Crippen MR) is 93.1 cm³/mol. The third kappa shape index (κ3) is 3.45. The highest BCUT2D eigenvalue weighted by Crippen LogP contribution is 2.21. The lowest BCUT2D eigenvalue weighted by atomic mass is 10.2. The molecule has 0 bridgehead atoms. The number of methoxy groups -OCH3 is 1. The first-order valence-electron chi connectivity index (χ1n) is 7.64. The molecule has 7 nitrogen and oxygen atoms in total. The maximum absolute atomic E-state index is 12.7. The second-order valence-electron chi connectivity index (χ2n) is 5.32. The molecule has 1 amide bonds. The highest BCUT2D eigenvalue weighted by Gasteiger charge is 2.19. The molecule has 1 aromatic heterocycles. The normalized spacial score (nSPS) is 10.5. The average Bonchev–Trinajstić information content (AvgIpc) is 2.98. The van der Waals surface area contributed by atoms with Gasteiger partial charge in [0.1, 0.15) is 5.75 Å². The number of aromatic nitrogens is 2. The summed E-state index contributed by atoms with van der Waals surface area (Å²) < 4.78 is 11.5. The van der Waals surface area contributed by atoms with E-state index in [-0.39, 0.29) is 18.5 Å². The Morgan fingerprint density at radius 2 is 1.84 bits per heavy atom. The van der Waals surface area contributed by atoms with E-state index in [4.69, 9.17) is 4.74 Å². The summed E-state index contributed by atoms with van der Waals surface area (Å²) in [4.78, 5) is 28.5. The molecule has 2 aromatic carbocycles. The van der Waals surface area contributed by atoms with Gasteiger partial charge in [-0.25, -0.2) is 14.3 Å². The van der Waals surface area contributed by atoms with Crippen LogP contribution >= 0.6 is 0 Å². The molecule has 0 fully saturated rings. The minimum Gasteiger partial charge on any atom is -0.483 e. The topological polar surface area (TPSA) is 82.5 Å². The lowest BCUT2D eigenvalue weighted by molar-refractivity contribution is 0.0844. The van der Waals surface area contributed by atoms with E-state index in [1.807, 2.05) is 25.1 Å². The largest absolute Gasteiger partial charge is 0.483 e. The number of hydrogen-bond acceptors (Lipinski definition) is 5. The molecule has 0 atom stereocenters. The number of para-hydroxylation sites is 3. The van der Waals surface area contributed by atoms with Gasteiger partial charge < -0.3 is 9.47 Å². The first kappa shape index (κ1) is 16.5. The van der Waals surface area contributed by atoms with Crippen molar-refractivity contribution >= 4 is 29.0 Å². The Morgan fingerprint density at radius 3 is 2.60 bits per heavy atom. The zero-order valence-corrected chi connectivity index (χ0v) is 13.9. The Morgan fingerprint density at radius 1 is 1.12 bits per heavy atom. The maximum Gasteiger partial charge on any atom is 0.413 e. The minimum absolute atomic E-state index is 0.0893. The number of aryl methyl sites for hydroxylation is 1. The number of hydrogen-bond donors (Lipinski definition) is 1. The maximum atomic E-state index is 12.7. The molecule has 0 aliphatic carbocycles. The van der Waals surface area contributed by atoms with Crippen LogP contribution in [-0.4, -0.2) is 35.3 Å². The summed E-state index contributed by atoms with van der Waals surface area (Å²) in [6.07, 6.45) is -0.704. The number of carbonyl (C=O) groups is 2. The van der Waals surface area contributed by atoms with E-state index in [9.17, 15) is 9.59 Å². The Hall–Kier alpha value is -3.35. The van der Waals surface area contributed by atoms with E-state index in [2.05, 4.69) is 15.0 Å². The minimum atomic E-state index is -0.704. The number of nitrogens with one attached hydrogen (secondary N) is 1. The first-order chi connectivity index (χ1) is 12.1. The summed E-state index contributed by atoms with van der Waals surface area (Å²) in [7, 11) is 1.24. The Balaban J connectivity index is 1.90. The van der Waals surface area contributed by atoms with Gasteiger partial charge in [-0.1, -0.05) is 30.3 Å². The molecule has 0 saturated heterocycles. The van der Waals surface area contributed by atoms with Crippen molar-refractivity contribution in [1.29, 1.82) is 0 Å². The van der Waals surface area contributed by atoms with Gasteiger partial charge in [-0.05, 0) is 30.7 Å². The molecule has 7 heteroatoms. The highest BCUT2D eigenvalue weighted by atomic mass is 16.5. The Bertz CT molecular complexity index is 933. The van der Waals surface area contributed by atoms with Crippen LogP contribution in [0.5, 0.6) is 5.75 Å². The van der Waals surface area contributed by atoms with Gasteiger partial charge in [-0.2, -0.15) is 0 Å². The van der Waals surface area contributed by atoms with Crippen molar-refractivity contribution in [2.24, 2.45) is 0 Å². The van der Waals surface area contributed by atoms with E-state index in [0.717, 1.165) is 5.56 Å². The van der Waals surface area contributed by atoms with Gasteiger partial charge >= 0.3 is 6.09 Å². The number of imidazole rings is 1. The molecule has 3 aromatic rings. The van der Waals surface area contributed by atoms with Crippen LogP contribution in [0.25, 0.3) is 11.0 Å². The van der Waals surface area contributed by atoms with E-state index < -0.39 is 6.09 Å². The van der Waals surface area contributed by atoms with Crippen LogP contribution in [0.4, 0.5) is 10.7 Å². The Kier molecular flexibility index (Phi) is 4.65. The van der Waals surface area contributed by atoms with Crippen molar-refractivity contribution in [3.63, 3.8) is 0 Å². The lowest BCUT2D eigenvalue weighted by Gasteiger charge is -2.11. The van der Waals surface area contributed by atoms with E-state index in [1.54, 1.807) is 30.3 Å². The van der Waals surface area contributed by atoms with Gasteiger partial charge in [-0.3, -0.25) is 10.1 Å². The lowest BCUT2D eigenvalue weighted by Crippen LogP contribution is -2.23. The van der Waals surface area contributed by atoms with Crippen LogP contribution in [0.2, 0.25) is 0 Å². The first-order valence-corrected chi connectivity index (χ1v) is 7.64. The predicted octanol–water partition coefficient (Wildman–Crippen LogP) is 3.24. The molecule has 128 valence electrons. The number of fused-ring (bicyclic) bond motifs is 1. The highest BCUT2D eigenvalue weighted by molar-refractivity contribution is 5.97. The SMILES string of the molecule is COC(=O)Nc1nc2ccccc2n1C(=O)COc1ccccc1C. The van der Waals surface area contributed by atoms with Gasteiger partial charge in [0, 0.05) is 0 Å². The molecule has 1 heterocycles. The molecule has 3 rings (SSSR count). The van der Waals surface area contributed by atoms with Crippen LogP contribution < -0.4 is 10.1 Å². The van der Waals surface area contributed by atoms with Crippen molar-refractivity contribution in [3.05, 3.63) is 54.1 Å². The van der Waals surface area contributed by atoms with Crippen LogP contribution in [0.1, 0.15) is 10.4 Å². The number of anilines is 1. The molecule has 1 N–H and O–H groups in total. The zero-order valence-electron chi connectivity index (χ0n) is 13.9. The van der Waals surface area contributed by atoms with Crippen molar-refractivity contribution in [1.82, 2.24) is 9.55 Å². The van der Waals surface area contributed by atoms with E-state index >= 15 is 0 Å². The van der Waals surface area contributed by atoms with Gasteiger partial charge in [0.05, 0.1) is 18.1 Å². The van der Waals surface area contributed by atoms with Crippen LogP contribution in [-0.2, 0) is 4.74 Å². The monoisotopic (exact) mass is 339 g/mol. The smallest absolute Gasteiger partial charge is 0.413 e. The van der Waals surface area contributed by atoms with Gasteiger partial charge in [-0.15, -0.1) is 0 Å². The van der Waals surface area contributed by atoms with Crippen molar-refractivity contribution in [2.45, 2.75) is 6.92 Å². The molecule has 0 unspecified atom stereocenters. The number of rotatable bonds is 4. The van der Waals surface area contributed by atoms with Gasteiger partial charge in [0.25, 0.3) is 5.91 Å². The quantitative estimate of drug-likeness (QED) is 0.789. The number of nitrogens with zero attached hydrogens (tertiary/aromatic N) is 2. The van der Waals surface area contributed by atoms with E-state index in [1.165, 1.54) is 11.7 Å². The fourth-order valence-corrected chi connectivity index (χ4v) is 2.43. The second kappa shape index (κ2) is 7.04. The number of ether oxygens (including phenoxy) is 2. The molecule has 0 aliphatic heterocycles. The zero-order chi connectivity index (χ0) is 17.8. The summed E-state index contributed by atoms with van der Waals surface area (Å²) in [5.41, 5.74) is 2.09. The Labute approximate surface area is 144 Å². The van der Waals surface area contributed by atoms with E-state index in [0.29, 0.717) is 16.8 Å². The summed E-state index contributed by atoms with van der Waals surface area (Å²) in [5, 5.41) is 2.45. The standard InChI is InChI=1S/C18H17N3O4/c1-12-7-3-6-10-15(12)25-11-16(22)21-14-9-5-4-8-13(14)19-17(21)20-18(23)24-2/h3-10H,11H2,1-2H3,(H,19,20,23). The van der Waals surface area contributed by atoms with Gasteiger partial charge in [0.2, 0.25) is 5.95 Å². The van der Waals surface area contributed by atoms with Crippen molar-refractivity contribution < 1.29 is 19.1 Å². The van der Waals surface area contributed by atoms with Crippen LogP contribution in [0.3, 0.4) is 0 Å². The number of carbonyl (C=O) groups excluding carboxylic acids is 2. The van der Waals surface area contributed by atoms with Crippen LogP contribution in [0.15, 0.2) is 48.5 Å². The number of amides is 1. The molecule has 0 aliphatic rings. The summed E-state index contributed by atoms with van der Waals surface area (Å²) in [6, 6.07) is 14.5. The summed E-state index contributed by atoms with van der Waals surface area (Å²) in [5.74, 6) is 0.359. The third-order valence-corrected chi connectivity index (χ3v) is 3.65. The molecular weight excluding hydrogens is 322 g/mol. The molecule has 0 radical (unpaired) electrons. The second-order valence-corrected chi connectivity index (χ2v) is 5.32. The molecule has 25 heavy (non-hydrogen) atoms. The molecular formula is C18H17N3O4. The van der Waals surface area contributed by atoms with Crippen molar-refractivity contribution in [2.75, 3.05) is 19.0 Å². The summed E-state index contributed by atoms with van der Waals surface area (Å²) >= 11 is 0. The summed E-state index contributed by atoms with van der Waals surface area (Å²) in [6.45, 7) is 1.71. The molecule has 0 spiro atoms.